The van der Waals surface area contributed by atoms with Crippen LogP contribution in [0.2, 0.25) is 0 Å². The number of nitrogens with zero attached hydrogens (tertiary/aromatic N) is 1. The molecule has 0 bridgehead atoms. The highest BCUT2D eigenvalue weighted by Crippen LogP contribution is 2.48. The number of rotatable bonds is 3. The van der Waals surface area contributed by atoms with Crippen LogP contribution >= 0.6 is 0 Å². The van der Waals surface area contributed by atoms with E-state index in [0.29, 0.717) is 5.06 Å². The van der Waals surface area contributed by atoms with E-state index < -0.39 is 17.8 Å². The molecule has 1 saturated carbocycles. The molecule has 2 rings (SSSR count). The predicted octanol–water partition coefficient (Wildman–Crippen LogP) is 2.58. The average Bonchev–Trinajstić information content (AvgIpc) is 3.07. The second-order valence-electron chi connectivity index (χ2n) is 4.64. The van der Waals surface area contributed by atoms with Crippen LogP contribution in [0.4, 0.5) is 18.0 Å². The fourth-order valence-electron chi connectivity index (χ4n) is 2.09. The minimum absolute atomic E-state index is 0.0363. The van der Waals surface area contributed by atoms with E-state index in [1.807, 2.05) is 0 Å². The lowest BCUT2D eigenvalue weighted by Gasteiger charge is -2.11. The zero-order chi connectivity index (χ0) is 14.2. The van der Waals surface area contributed by atoms with Gasteiger partial charge in [-0.1, -0.05) is 12.1 Å². The number of carbonyl (C=O) groups excluding carboxylic acids is 1. The molecule has 1 aliphatic carbocycles. The maximum atomic E-state index is 12.4. The van der Waals surface area contributed by atoms with Gasteiger partial charge in [-0.2, -0.15) is 13.2 Å². The van der Waals surface area contributed by atoms with Crippen molar-refractivity contribution in [3.63, 3.8) is 0 Å². The SMILES string of the molecule is NC(=O)N(O)C[C@@H]1C[C@H]1c1ccc(C(F)(F)F)cc1. The zero-order valence-electron chi connectivity index (χ0n) is 9.89. The third kappa shape index (κ3) is 3.17. The van der Waals surface area contributed by atoms with E-state index in [9.17, 15) is 18.0 Å². The summed E-state index contributed by atoms with van der Waals surface area (Å²) in [7, 11) is 0. The summed E-state index contributed by atoms with van der Waals surface area (Å²) in [4.78, 5) is 10.6. The fourth-order valence-corrected chi connectivity index (χ4v) is 2.09. The van der Waals surface area contributed by atoms with E-state index in [2.05, 4.69) is 0 Å². The normalized spacial score (nSPS) is 22.1. The average molecular weight is 274 g/mol. The number of amides is 2. The molecule has 0 unspecified atom stereocenters. The first-order valence-corrected chi connectivity index (χ1v) is 5.72. The van der Waals surface area contributed by atoms with Crippen LogP contribution in [-0.4, -0.2) is 22.8 Å². The van der Waals surface area contributed by atoms with Crippen molar-refractivity contribution in [2.24, 2.45) is 11.7 Å². The Kier molecular flexibility index (Phi) is 3.40. The van der Waals surface area contributed by atoms with Crippen molar-refractivity contribution < 1.29 is 23.2 Å². The van der Waals surface area contributed by atoms with Gasteiger partial charge in [-0.25, -0.2) is 9.86 Å². The molecule has 0 aliphatic heterocycles. The van der Waals surface area contributed by atoms with Gasteiger partial charge in [0, 0.05) is 0 Å². The van der Waals surface area contributed by atoms with Crippen LogP contribution in [0.5, 0.6) is 0 Å². The van der Waals surface area contributed by atoms with Crippen LogP contribution in [-0.2, 0) is 6.18 Å². The Hall–Kier alpha value is -1.76. The summed E-state index contributed by atoms with van der Waals surface area (Å²) < 4.78 is 37.1. The van der Waals surface area contributed by atoms with Gasteiger partial charge in [0.25, 0.3) is 0 Å². The lowest BCUT2D eigenvalue weighted by molar-refractivity contribution is -0.137. The summed E-state index contributed by atoms with van der Waals surface area (Å²) in [5, 5.41) is 9.59. The maximum absolute atomic E-state index is 12.4. The lowest BCUT2D eigenvalue weighted by Crippen LogP contribution is -2.34. The number of carbonyl (C=O) groups is 1. The lowest BCUT2D eigenvalue weighted by atomic mass is 10.1. The first-order chi connectivity index (χ1) is 8.79. The van der Waals surface area contributed by atoms with Crippen molar-refractivity contribution in [1.29, 1.82) is 0 Å². The van der Waals surface area contributed by atoms with Crippen LogP contribution in [0.25, 0.3) is 0 Å². The number of hydroxylamine groups is 2. The molecule has 1 fully saturated rings. The number of hydrogen-bond acceptors (Lipinski definition) is 2. The van der Waals surface area contributed by atoms with Crippen LogP contribution in [0, 0.1) is 5.92 Å². The number of hydrogen-bond donors (Lipinski definition) is 2. The monoisotopic (exact) mass is 274 g/mol. The van der Waals surface area contributed by atoms with E-state index in [-0.39, 0.29) is 18.4 Å². The number of benzene rings is 1. The van der Waals surface area contributed by atoms with Gasteiger partial charge >= 0.3 is 12.2 Å². The van der Waals surface area contributed by atoms with Crippen molar-refractivity contribution >= 4 is 6.03 Å². The highest BCUT2D eigenvalue weighted by molar-refractivity contribution is 5.70. The molecule has 0 heterocycles. The summed E-state index contributed by atoms with van der Waals surface area (Å²) in [6.07, 6.45) is -3.62. The van der Waals surface area contributed by atoms with Gasteiger partial charge in [-0.3, -0.25) is 5.21 Å². The molecule has 104 valence electrons. The van der Waals surface area contributed by atoms with Gasteiger partial charge in [-0.15, -0.1) is 0 Å². The summed E-state index contributed by atoms with van der Waals surface area (Å²) in [5.41, 5.74) is 4.96. The number of urea groups is 1. The standard InChI is InChI=1S/C12H13F3N2O2/c13-12(14,15)9-3-1-7(2-4-9)10-5-8(10)6-17(19)11(16)18/h1-4,8,10,19H,5-6H2,(H2,16,18)/t8-,10-/m0/s1. The Morgan fingerprint density at radius 3 is 2.42 bits per heavy atom. The minimum Gasteiger partial charge on any atom is -0.350 e. The Bertz CT molecular complexity index is 473. The molecular weight excluding hydrogens is 261 g/mol. The second kappa shape index (κ2) is 4.73. The van der Waals surface area contributed by atoms with Gasteiger partial charge in [-0.05, 0) is 36.0 Å². The third-order valence-corrected chi connectivity index (χ3v) is 3.25. The minimum atomic E-state index is -4.34. The zero-order valence-corrected chi connectivity index (χ0v) is 9.89. The highest BCUT2D eigenvalue weighted by Gasteiger charge is 2.40. The first-order valence-electron chi connectivity index (χ1n) is 5.72. The van der Waals surface area contributed by atoms with E-state index in [4.69, 9.17) is 10.9 Å². The van der Waals surface area contributed by atoms with Crippen LogP contribution in [0.1, 0.15) is 23.5 Å². The van der Waals surface area contributed by atoms with Crippen molar-refractivity contribution in [3.8, 4) is 0 Å². The van der Waals surface area contributed by atoms with E-state index in [1.165, 1.54) is 12.1 Å². The smallest absolute Gasteiger partial charge is 0.350 e. The van der Waals surface area contributed by atoms with Crippen LogP contribution in [0.15, 0.2) is 24.3 Å². The van der Waals surface area contributed by atoms with Crippen molar-refractivity contribution in [2.45, 2.75) is 18.5 Å². The Morgan fingerprint density at radius 2 is 1.95 bits per heavy atom. The molecule has 2 atom stereocenters. The molecule has 1 aromatic rings. The Labute approximate surface area is 107 Å². The van der Waals surface area contributed by atoms with E-state index in [1.54, 1.807) is 0 Å². The van der Waals surface area contributed by atoms with Gasteiger partial charge in [0.1, 0.15) is 0 Å². The molecule has 0 radical (unpaired) electrons. The summed E-state index contributed by atoms with van der Waals surface area (Å²) in [6, 6.07) is 4.00. The largest absolute Gasteiger partial charge is 0.416 e. The van der Waals surface area contributed by atoms with E-state index >= 15 is 0 Å². The Morgan fingerprint density at radius 1 is 1.37 bits per heavy atom. The van der Waals surface area contributed by atoms with Gasteiger partial charge in [0.15, 0.2) is 0 Å². The maximum Gasteiger partial charge on any atom is 0.416 e. The van der Waals surface area contributed by atoms with Crippen molar-refractivity contribution in [1.82, 2.24) is 5.06 Å². The third-order valence-electron chi connectivity index (χ3n) is 3.25. The van der Waals surface area contributed by atoms with Crippen LogP contribution < -0.4 is 5.73 Å². The van der Waals surface area contributed by atoms with Gasteiger partial charge in [0.05, 0.1) is 12.1 Å². The topological polar surface area (TPSA) is 66.6 Å². The quantitative estimate of drug-likeness (QED) is 0.657. The molecule has 7 heteroatoms. The van der Waals surface area contributed by atoms with E-state index in [0.717, 1.165) is 24.1 Å². The molecule has 0 saturated heterocycles. The number of alkyl halides is 3. The molecule has 2 amide bonds. The summed E-state index contributed by atoms with van der Waals surface area (Å²) >= 11 is 0. The highest BCUT2D eigenvalue weighted by atomic mass is 19.4. The molecule has 1 aliphatic rings. The molecule has 0 aromatic heterocycles. The van der Waals surface area contributed by atoms with Crippen molar-refractivity contribution in [2.75, 3.05) is 6.54 Å². The number of primary amides is 1. The molecule has 19 heavy (non-hydrogen) atoms. The molecule has 4 nitrogen and oxygen atoms in total. The first kappa shape index (κ1) is 13.7. The molecule has 1 aromatic carbocycles. The summed E-state index contributed by atoms with van der Waals surface area (Å²) in [5.74, 6) is 0.102. The molecular formula is C12H13F3N2O2. The Balaban J connectivity index is 1.97. The molecule has 3 N–H and O–H groups in total. The predicted molar refractivity (Wildman–Crippen MR) is 60.4 cm³/mol. The van der Waals surface area contributed by atoms with Gasteiger partial charge < -0.3 is 5.73 Å². The fraction of sp³-hybridized carbons (Fsp3) is 0.417. The second-order valence-corrected chi connectivity index (χ2v) is 4.64. The molecule has 0 spiro atoms. The summed E-state index contributed by atoms with van der Waals surface area (Å²) in [6.45, 7) is 0.0982. The van der Waals surface area contributed by atoms with Gasteiger partial charge in [0.2, 0.25) is 0 Å². The van der Waals surface area contributed by atoms with Crippen LogP contribution in [0.3, 0.4) is 0 Å². The van der Waals surface area contributed by atoms with Crippen molar-refractivity contribution in [3.05, 3.63) is 35.4 Å². The number of halogens is 3. The number of nitrogens with two attached hydrogens (primary N) is 1.